The molecule has 25 heavy (non-hydrogen) atoms. The van der Waals surface area contributed by atoms with Crippen molar-refractivity contribution in [1.29, 1.82) is 0 Å². The summed E-state index contributed by atoms with van der Waals surface area (Å²) in [5.41, 5.74) is 2.92. The lowest BCUT2D eigenvalue weighted by atomic mass is 10.1. The number of quaternary nitrogens is 1. The topological polar surface area (TPSA) is 88.9 Å². The molecule has 0 saturated heterocycles. The molecule has 0 radical (unpaired) electrons. The number of hydrogen-bond acceptors (Lipinski definition) is 4. The van der Waals surface area contributed by atoms with Crippen molar-refractivity contribution in [3.8, 4) is 0 Å². The molecule has 0 aliphatic carbocycles. The van der Waals surface area contributed by atoms with Gasteiger partial charge in [-0.15, -0.1) is 0 Å². The van der Waals surface area contributed by atoms with Gasteiger partial charge in [0.2, 0.25) is 0 Å². The molecule has 1 unspecified atom stereocenters. The van der Waals surface area contributed by atoms with Crippen LogP contribution >= 0.6 is 0 Å². The standard InChI is InChI=1S/C18H27N3O4/c1-5-14-10-8-9-13(4)17(14)19-15(22)11-21(6-2)12-16(23)20-18(24)25-7-3/h8-10H,5-7,11-12H2,1-4H3,(H,19,22)(H,20,23,24)/p+1. The SMILES string of the molecule is CCOC(=O)NC(=O)C[NH+](CC)CC(=O)Nc1c(C)cccc1CC. The molecule has 1 aromatic rings. The Morgan fingerprint density at radius 3 is 2.36 bits per heavy atom. The average Bonchev–Trinajstić information content (AvgIpc) is 2.56. The molecule has 7 nitrogen and oxygen atoms in total. The number of likely N-dealkylation sites (N-methyl/N-ethyl adjacent to an activating group) is 1. The molecule has 138 valence electrons. The van der Waals surface area contributed by atoms with Gasteiger partial charge in [-0.05, 0) is 38.3 Å². The van der Waals surface area contributed by atoms with Crippen molar-refractivity contribution >= 4 is 23.6 Å². The molecule has 0 saturated carbocycles. The number of hydrogen-bond donors (Lipinski definition) is 3. The summed E-state index contributed by atoms with van der Waals surface area (Å²) in [5.74, 6) is -0.627. The third-order valence-electron chi connectivity index (χ3n) is 3.84. The summed E-state index contributed by atoms with van der Waals surface area (Å²) < 4.78 is 4.67. The molecule has 3 amide bonds. The summed E-state index contributed by atoms with van der Waals surface area (Å²) in [6, 6.07) is 5.90. The van der Waals surface area contributed by atoms with Gasteiger partial charge in [0.25, 0.3) is 11.8 Å². The van der Waals surface area contributed by atoms with Crippen LogP contribution in [0.15, 0.2) is 18.2 Å². The number of anilines is 1. The van der Waals surface area contributed by atoms with Gasteiger partial charge >= 0.3 is 6.09 Å². The molecule has 0 aromatic heterocycles. The minimum atomic E-state index is -0.764. The molecule has 0 bridgehead atoms. The van der Waals surface area contributed by atoms with Crippen LogP contribution in [0.4, 0.5) is 10.5 Å². The quantitative estimate of drug-likeness (QED) is 0.643. The summed E-state index contributed by atoms with van der Waals surface area (Å²) in [6.07, 6.45) is 0.0590. The lowest BCUT2D eigenvalue weighted by Crippen LogP contribution is -3.14. The Morgan fingerprint density at radius 2 is 1.76 bits per heavy atom. The maximum atomic E-state index is 12.4. The van der Waals surface area contributed by atoms with Crippen LogP contribution in [0.3, 0.4) is 0 Å². The second kappa shape index (κ2) is 10.5. The molecule has 0 spiro atoms. The van der Waals surface area contributed by atoms with Crippen LogP contribution in [0.2, 0.25) is 0 Å². The highest BCUT2D eigenvalue weighted by Gasteiger charge is 2.19. The fraction of sp³-hybridized carbons (Fsp3) is 0.500. The van der Waals surface area contributed by atoms with Crippen LogP contribution < -0.4 is 15.5 Å². The van der Waals surface area contributed by atoms with Gasteiger partial charge in [-0.1, -0.05) is 25.1 Å². The van der Waals surface area contributed by atoms with Crippen molar-refractivity contribution in [2.24, 2.45) is 0 Å². The van der Waals surface area contributed by atoms with Gasteiger partial charge < -0.3 is 15.0 Å². The van der Waals surface area contributed by atoms with Gasteiger partial charge in [0, 0.05) is 5.69 Å². The van der Waals surface area contributed by atoms with Gasteiger partial charge in [0.15, 0.2) is 13.1 Å². The third kappa shape index (κ3) is 6.93. The summed E-state index contributed by atoms with van der Waals surface area (Å²) in [5, 5.41) is 5.09. The van der Waals surface area contributed by atoms with E-state index in [1.807, 2.05) is 39.0 Å². The van der Waals surface area contributed by atoms with Crippen LogP contribution in [-0.2, 0) is 20.7 Å². The molecule has 3 N–H and O–H groups in total. The van der Waals surface area contributed by atoms with Crippen LogP contribution in [0.25, 0.3) is 0 Å². The largest absolute Gasteiger partial charge is 0.450 e. The summed E-state index contributed by atoms with van der Waals surface area (Å²) in [7, 11) is 0. The Balaban J connectivity index is 2.62. The van der Waals surface area contributed by atoms with Crippen molar-refractivity contribution in [3.63, 3.8) is 0 Å². The van der Waals surface area contributed by atoms with E-state index in [4.69, 9.17) is 0 Å². The Morgan fingerprint density at radius 1 is 1.08 bits per heavy atom. The first kappa shape index (κ1) is 20.6. The van der Waals surface area contributed by atoms with Gasteiger partial charge in [-0.3, -0.25) is 14.9 Å². The number of carbonyl (C=O) groups excluding carboxylic acids is 3. The van der Waals surface area contributed by atoms with Crippen molar-refractivity contribution in [1.82, 2.24) is 5.32 Å². The zero-order valence-corrected chi connectivity index (χ0v) is 15.4. The highest BCUT2D eigenvalue weighted by molar-refractivity contribution is 5.94. The Hall–Kier alpha value is -2.41. The lowest BCUT2D eigenvalue weighted by molar-refractivity contribution is -0.881. The van der Waals surface area contributed by atoms with Crippen molar-refractivity contribution in [2.75, 3.05) is 31.6 Å². The van der Waals surface area contributed by atoms with E-state index < -0.39 is 12.0 Å². The minimum Gasteiger partial charge on any atom is -0.450 e. The first-order chi connectivity index (χ1) is 11.9. The number of ether oxygens (including phenoxy) is 1. The third-order valence-corrected chi connectivity index (χ3v) is 3.84. The highest BCUT2D eigenvalue weighted by atomic mass is 16.5. The number of nitrogens with one attached hydrogen (secondary N) is 3. The van der Waals surface area contributed by atoms with Gasteiger partial charge in [0.05, 0.1) is 13.2 Å². The monoisotopic (exact) mass is 350 g/mol. The van der Waals surface area contributed by atoms with E-state index in [-0.39, 0.29) is 25.6 Å². The summed E-state index contributed by atoms with van der Waals surface area (Å²) in [6.45, 7) is 8.47. The van der Waals surface area contributed by atoms with E-state index >= 15 is 0 Å². The highest BCUT2D eigenvalue weighted by Crippen LogP contribution is 2.20. The second-order valence-corrected chi connectivity index (χ2v) is 5.74. The molecular weight excluding hydrogens is 322 g/mol. The smallest absolute Gasteiger partial charge is 0.414 e. The maximum absolute atomic E-state index is 12.4. The van der Waals surface area contributed by atoms with E-state index in [1.54, 1.807) is 6.92 Å². The minimum absolute atomic E-state index is 0.0249. The van der Waals surface area contributed by atoms with Crippen LogP contribution in [0.1, 0.15) is 31.9 Å². The molecule has 0 heterocycles. The number of alkyl carbamates (subject to hydrolysis) is 1. The number of aryl methyl sites for hydroxylation is 2. The van der Waals surface area contributed by atoms with E-state index in [0.717, 1.165) is 28.1 Å². The number of rotatable bonds is 8. The predicted octanol–water partition coefficient (Wildman–Crippen LogP) is 0.673. The molecule has 0 aliphatic heterocycles. The number of benzene rings is 1. The van der Waals surface area contributed by atoms with Crippen molar-refractivity contribution < 1.29 is 24.0 Å². The Bertz CT molecular complexity index is 616. The van der Waals surface area contributed by atoms with Crippen LogP contribution in [-0.4, -0.2) is 44.1 Å². The Labute approximate surface area is 148 Å². The summed E-state index contributed by atoms with van der Waals surface area (Å²) in [4.78, 5) is 36.2. The lowest BCUT2D eigenvalue weighted by Gasteiger charge is -2.18. The molecular formula is C18H28N3O4+. The van der Waals surface area contributed by atoms with E-state index in [0.29, 0.717) is 6.54 Å². The van der Waals surface area contributed by atoms with Crippen LogP contribution in [0, 0.1) is 6.92 Å². The molecule has 1 aromatic carbocycles. The second-order valence-electron chi connectivity index (χ2n) is 5.74. The Kier molecular flexibility index (Phi) is 8.63. The van der Waals surface area contributed by atoms with Gasteiger partial charge in [-0.2, -0.15) is 0 Å². The molecule has 0 fully saturated rings. The number of imide groups is 1. The number of para-hydroxylation sites is 1. The molecule has 1 rings (SSSR count). The van der Waals surface area contributed by atoms with Gasteiger partial charge in [0.1, 0.15) is 0 Å². The van der Waals surface area contributed by atoms with Gasteiger partial charge in [-0.25, -0.2) is 4.79 Å². The normalized spacial score (nSPS) is 11.5. The van der Waals surface area contributed by atoms with Crippen molar-refractivity contribution in [2.45, 2.75) is 34.1 Å². The average molecular weight is 350 g/mol. The van der Waals surface area contributed by atoms with E-state index in [2.05, 4.69) is 15.4 Å². The molecule has 1 atom stereocenters. The van der Waals surface area contributed by atoms with E-state index in [9.17, 15) is 14.4 Å². The molecule has 0 aliphatic rings. The number of amides is 3. The van der Waals surface area contributed by atoms with Crippen LogP contribution in [0.5, 0.6) is 0 Å². The predicted molar refractivity (Wildman–Crippen MR) is 95.6 cm³/mol. The zero-order valence-electron chi connectivity index (χ0n) is 15.4. The first-order valence-corrected chi connectivity index (χ1v) is 8.59. The summed E-state index contributed by atoms with van der Waals surface area (Å²) >= 11 is 0. The zero-order chi connectivity index (χ0) is 18.8. The fourth-order valence-corrected chi connectivity index (χ4v) is 2.48. The van der Waals surface area contributed by atoms with Crippen molar-refractivity contribution in [3.05, 3.63) is 29.3 Å². The molecule has 7 heteroatoms. The maximum Gasteiger partial charge on any atom is 0.414 e. The fourth-order valence-electron chi connectivity index (χ4n) is 2.48. The number of carbonyl (C=O) groups is 3. The first-order valence-electron chi connectivity index (χ1n) is 8.59. The van der Waals surface area contributed by atoms with E-state index in [1.165, 1.54) is 0 Å².